The number of hydrogen-bond acceptors (Lipinski definition) is 8. The van der Waals surface area contributed by atoms with E-state index in [1.807, 2.05) is 49.8 Å². The lowest BCUT2D eigenvalue weighted by molar-refractivity contribution is -0.137. The van der Waals surface area contributed by atoms with Gasteiger partial charge in [0.15, 0.2) is 0 Å². The zero-order valence-electron chi connectivity index (χ0n) is 34.9. The van der Waals surface area contributed by atoms with Crippen molar-refractivity contribution in [3.63, 3.8) is 0 Å². The van der Waals surface area contributed by atoms with Gasteiger partial charge in [-0.25, -0.2) is 19.6 Å². The molecule has 1 saturated carbocycles. The number of carbonyl (C=O) groups is 4. The number of aromatic amines is 2. The summed E-state index contributed by atoms with van der Waals surface area (Å²) in [6, 6.07) is 17.2. The Balaban J connectivity index is 0.999. The molecule has 3 aromatic carbocycles. The summed E-state index contributed by atoms with van der Waals surface area (Å²) in [4.78, 5) is 72.7. The van der Waals surface area contributed by atoms with Crippen LogP contribution in [0.15, 0.2) is 60.8 Å². The Bertz CT molecular complexity index is 2400. The Morgan fingerprint density at radius 3 is 2.07 bits per heavy atom. The number of likely N-dealkylation sites (tertiary alicyclic amines) is 2. The summed E-state index contributed by atoms with van der Waals surface area (Å²) in [5, 5.41) is 7.55. The summed E-state index contributed by atoms with van der Waals surface area (Å²) in [6.07, 6.45) is 2.18. The van der Waals surface area contributed by atoms with E-state index in [1.54, 1.807) is 0 Å². The van der Waals surface area contributed by atoms with Gasteiger partial charge in [0, 0.05) is 18.0 Å². The normalized spacial score (nSPS) is 23.4. The molecular weight excluding hydrogens is 749 g/mol. The molecule has 4 N–H and O–H groups in total. The van der Waals surface area contributed by atoms with Crippen molar-refractivity contribution in [1.29, 1.82) is 0 Å². The van der Waals surface area contributed by atoms with Gasteiger partial charge in [-0.3, -0.25) is 9.59 Å². The number of rotatable bonds is 10. The number of fused-ring (bicyclic) bond motifs is 4. The molecule has 3 fully saturated rings. The fourth-order valence-corrected chi connectivity index (χ4v) is 9.40. The summed E-state index contributed by atoms with van der Waals surface area (Å²) in [5.74, 6) is 2.10. The number of aromatic nitrogens is 4. The SMILES string of the molecule is COC(=O)NC(C(=O)N1C2C(C[C@H]1c1ncc(-c3ccc(-c4ccc5c(ccc6[nH]c([C@@H]7C[C@H](C)CN7C(=O)[C@@H](NC(=O)OC)C(C)C)nc65)c4)cc3)[nH]1)[C@H]2C)C(C)C. The average Bonchev–Trinajstić information content (AvgIpc) is 3.84. The molecule has 4 amide bonds. The molecule has 2 aromatic heterocycles. The van der Waals surface area contributed by atoms with Crippen molar-refractivity contribution in [2.75, 3.05) is 20.8 Å². The van der Waals surface area contributed by atoms with E-state index in [9.17, 15) is 19.2 Å². The topological polar surface area (TPSA) is 175 Å². The largest absolute Gasteiger partial charge is 0.453 e. The monoisotopic (exact) mass is 802 g/mol. The van der Waals surface area contributed by atoms with Crippen LogP contribution >= 0.6 is 0 Å². The molecule has 5 aromatic rings. The van der Waals surface area contributed by atoms with Crippen molar-refractivity contribution in [3.05, 3.63) is 72.4 Å². The van der Waals surface area contributed by atoms with Gasteiger partial charge in [-0.2, -0.15) is 0 Å². The molecule has 3 aliphatic rings. The predicted molar refractivity (Wildman–Crippen MR) is 224 cm³/mol. The zero-order valence-corrected chi connectivity index (χ0v) is 34.9. The molecule has 310 valence electrons. The number of H-pyrrole nitrogens is 2. The van der Waals surface area contributed by atoms with Gasteiger partial charge < -0.3 is 39.9 Å². The molecule has 2 saturated heterocycles. The molecule has 59 heavy (non-hydrogen) atoms. The van der Waals surface area contributed by atoms with E-state index in [4.69, 9.17) is 19.4 Å². The van der Waals surface area contributed by atoms with Gasteiger partial charge in [0.05, 0.1) is 49.2 Å². The van der Waals surface area contributed by atoms with Gasteiger partial charge in [0.2, 0.25) is 11.8 Å². The molecule has 0 spiro atoms. The second-order valence-corrected chi connectivity index (χ2v) is 17.4. The summed E-state index contributed by atoms with van der Waals surface area (Å²) in [6.45, 7) is 12.6. The van der Waals surface area contributed by atoms with Crippen LogP contribution in [0, 0.1) is 29.6 Å². The van der Waals surface area contributed by atoms with E-state index in [-0.39, 0.29) is 47.7 Å². The quantitative estimate of drug-likeness (QED) is 0.113. The Kier molecular flexibility index (Phi) is 10.6. The van der Waals surface area contributed by atoms with Crippen molar-refractivity contribution >= 4 is 45.8 Å². The first-order valence-corrected chi connectivity index (χ1v) is 20.7. The fraction of sp³-hybridized carbons (Fsp3) is 0.467. The van der Waals surface area contributed by atoms with Crippen LogP contribution in [0.2, 0.25) is 0 Å². The molecule has 8 rings (SSSR count). The first kappa shape index (κ1) is 39.9. The maximum Gasteiger partial charge on any atom is 0.407 e. The molecule has 0 bridgehead atoms. The summed E-state index contributed by atoms with van der Waals surface area (Å²) < 4.78 is 9.63. The first-order valence-electron chi connectivity index (χ1n) is 20.7. The minimum absolute atomic E-state index is 0.105. The standard InChI is InChI=1S/C45H54N8O6/c1-22(2)36(50-44(56)58-7)42(54)52-21-24(5)17-34(52)41-47-32-16-14-29-18-28(13-15-30(29)38(32)49-41)26-9-11-27(12-10-26)33-20-46-40(48-33)35-19-31-25(6)39(31)53(35)43(55)37(23(3)4)51-45(57)59-8/h9-16,18,20,22-25,31,34-37,39H,17,19,21H2,1-8H3,(H,46,48)(H,47,49)(H,50,56)(H,51,57)/t24-,25+,31?,34-,35-,36-,37?,39?/m0/s1. The molecular formula is C45H54N8O6. The average molecular weight is 803 g/mol. The van der Waals surface area contributed by atoms with Crippen LogP contribution in [0.4, 0.5) is 9.59 Å². The smallest absolute Gasteiger partial charge is 0.407 e. The Morgan fingerprint density at radius 1 is 0.763 bits per heavy atom. The van der Waals surface area contributed by atoms with E-state index in [0.717, 1.165) is 68.7 Å². The fourth-order valence-electron chi connectivity index (χ4n) is 9.40. The number of nitrogens with one attached hydrogen (secondary N) is 4. The summed E-state index contributed by atoms with van der Waals surface area (Å²) >= 11 is 0. The number of amides is 4. The maximum atomic E-state index is 14.0. The highest BCUT2D eigenvalue weighted by atomic mass is 16.5. The minimum atomic E-state index is -0.707. The molecule has 1 aliphatic carbocycles. The van der Waals surface area contributed by atoms with Gasteiger partial charge in [-0.15, -0.1) is 0 Å². The number of carbonyl (C=O) groups excluding carboxylic acids is 4. The Morgan fingerprint density at radius 2 is 1.41 bits per heavy atom. The van der Waals surface area contributed by atoms with Crippen LogP contribution in [0.5, 0.6) is 0 Å². The van der Waals surface area contributed by atoms with Crippen molar-refractivity contribution in [2.45, 2.75) is 84.6 Å². The van der Waals surface area contributed by atoms with Crippen molar-refractivity contribution in [1.82, 2.24) is 40.4 Å². The minimum Gasteiger partial charge on any atom is -0.453 e. The van der Waals surface area contributed by atoms with E-state index < -0.39 is 24.3 Å². The van der Waals surface area contributed by atoms with Gasteiger partial charge in [-0.05, 0) is 76.6 Å². The van der Waals surface area contributed by atoms with E-state index in [1.165, 1.54) is 14.2 Å². The molecule has 3 unspecified atom stereocenters. The van der Waals surface area contributed by atoms with Crippen molar-refractivity contribution in [2.24, 2.45) is 29.6 Å². The molecule has 8 atom stereocenters. The van der Waals surface area contributed by atoms with Crippen LogP contribution in [-0.4, -0.2) is 92.6 Å². The molecule has 4 heterocycles. The number of methoxy groups -OCH3 is 2. The molecule has 14 heteroatoms. The number of piperidine rings is 1. The van der Waals surface area contributed by atoms with Gasteiger partial charge >= 0.3 is 12.2 Å². The van der Waals surface area contributed by atoms with E-state index >= 15 is 0 Å². The second-order valence-electron chi connectivity index (χ2n) is 17.4. The van der Waals surface area contributed by atoms with Crippen molar-refractivity contribution in [3.8, 4) is 22.4 Å². The highest BCUT2D eigenvalue weighted by Gasteiger charge is 2.61. The van der Waals surface area contributed by atoms with Crippen LogP contribution in [0.3, 0.4) is 0 Å². The number of benzene rings is 3. The zero-order chi connectivity index (χ0) is 41.9. The third kappa shape index (κ3) is 7.38. The van der Waals surface area contributed by atoms with Gasteiger partial charge in [0.1, 0.15) is 23.7 Å². The highest BCUT2D eigenvalue weighted by molar-refractivity contribution is 6.05. The highest BCUT2D eigenvalue weighted by Crippen LogP contribution is 2.57. The lowest BCUT2D eigenvalue weighted by Gasteiger charge is -2.32. The lowest BCUT2D eigenvalue weighted by atomic mass is 9.99. The van der Waals surface area contributed by atoms with Gasteiger partial charge in [-0.1, -0.05) is 84.0 Å². The first-order chi connectivity index (χ1) is 28.3. The van der Waals surface area contributed by atoms with Crippen LogP contribution in [0.1, 0.15) is 78.1 Å². The molecule has 14 nitrogen and oxygen atoms in total. The van der Waals surface area contributed by atoms with Crippen molar-refractivity contribution < 1.29 is 28.7 Å². The van der Waals surface area contributed by atoms with E-state index in [2.05, 4.69) is 83.0 Å². The lowest BCUT2D eigenvalue weighted by Crippen LogP contribution is -2.52. The number of alkyl carbamates (subject to hydrolysis) is 2. The van der Waals surface area contributed by atoms with Gasteiger partial charge in [0.25, 0.3) is 0 Å². The Labute approximate surface area is 343 Å². The second kappa shape index (κ2) is 15.7. The van der Waals surface area contributed by atoms with Crippen LogP contribution < -0.4 is 10.6 Å². The van der Waals surface area contributed by atoms with Crippen LogP contribution in [0.25, 0.3) is 44.2 Å². The molecule has 2 aliphatic heterocycles. The number of ether oxygens (including phenoxy) is 2. The maximum absolute atomic E-state index is 14.0. The van der Waals surface area contributed by atoms with Crippen LogP contribution in [-0.2, 0) is 19.1 Å². The molecule has 0 radical (unpaired) electrons. The van der Waals surface area contributed by atoms with E-state index in [0.29, 0.717) is 18.4 Å². The third-order valence-electron chi connectivity index (χ3n) is 12.7. The number of hydrogen-bond donors (Lipinski definition) is 4. The number of imidazole rings is 2. The third-order valence-corrected chi connectivity index (χ3v) is 12.7. The Hall–Kier alpha value is -5.92. The summed E-state index contributed by atoms with van der Waals surface area (Å²) in [5.41, 5.74) is 5.73. The number of nitrogens with zero attached hydrogens (tertiary/aromatic N) is 4. The summed E-state index contributed by atoms with van der Waals surface area (Å²) in [7, 11) is 2.60. The predicted octanol–water partition coefficient (Wildman–Crippen LogP) is 7.35.